The summed E-state index contributed by atoms with van der Waals surface area (Å²) in [5.41, 5.74) is 7.80. The third kappa shape index (κ3) is 11.1. The summed E-state index contributed by atoms with van der Waals surface area (Å²) in [6.45, 7) is 19.5. The van der Waals surface area contributed by atoms with Gasteiger partial charge in [-0.25, -0.2) is 9.48 Å². The molecule has 12 nitrogen and oxygen atoms in total. The monoisotopic (exact) mass is 885 g/mol. The van der Waals surface area contributed by atoms with E-state index in [1.165, 1.54) is 6.07 Å². The van der Waals surface area contributed by atoms with Crippen LogP contribution in [-0.2, 0) is 23.9 Å². The molecule has 6 aromatic rings. The molecule has 1 aliphatic carbocycles. The second kappa shape index (κ2) is 19.4. The Morgan fingerprint density at radius 1 is 0.922 bits per heavy atom. The highest BCUT2D eigenvalue weighted by Crippen LogP contribution is 2.41. The van der Waals surface area contributed by atoms with E-state index in [1.54, 1.807) is 17.0 Å². The van der Waals surface area contributed by atoms with Crippen LogP contribution in [0.4, 0.5) is 10.5 Å². The number of hydrogen-bond donors (Lipinski definition) is 5. The molecule has 0 spiro atoms. The summed E-state index contributed by atoms with van der Waals surface area (Å²) in [5.74, 6) is 0.0292. The van der Waals surface area contributed by atoms with Gasteiger partial charge in [-0.15, -0.1) is 5.10 Å². The summed E-state index contributed by atoms with van der Waals surface area (Å²) in [6, 6.07) is 29.8. The number of phenols is 1. The number of carbonyl (C=O) groups is 1. The van der Waals surface area contributed by atoms with Crippen molar-refractivity contribution in [1.29, 1.82) is 0 Å². The Morgan fingerprint density at radius 3 is 2.36 bits per heavy atom. The van der Waals surface area contributed by atoms with Crippen molar-refractivity contribution in [2.75, 3.05) is 11.4 Å². The van der Waals surface area contributed by atoms with Crippen LogP contribution in [0.1, 0.15) is 103 Å². The van der Waals surface area contributed by atoms with Crippen LogP contribution < -0.4 is 21.1 Å². The number of aromatic amines is 1. The molecule has 340 valence electrons. The van der Waals surface area contributed by atoms with Crippen LogP contribution in [0.2, 0.25) is 18.1 Å². The molecule has 0 aliphatic heterocycles. The summed E-state index contributed by atoms with van der Waals surface area (Å²) in [5, 5.41) is 38.4. The van der Waals surface area contributed by atoms with E-state index in [0.717, 1.165) is 94.9 Å². The number of aromatic nitrogens is 4. The molecule has 7 rings (SSSR count). The third-order valence-corrected chi connectivity index (χ3v) is 17.6. The van der Waals surface area contributed by atoms with Crippen molar-refractivity contribution in [1.82, 2.24) is 30.6 Å². The van der Waals surface area contributed by atoms with Crippen LogP contribution in [0.25, 0.3) is 33.1 Å². The first-order valence-corrected chi connectivity index (χ1v) is 25.8. The summed E-state index contributed by atoms with van der Waals surface area (Å²) in [7, 11) is -2.22. The molecule has 0 saturated heterocycles. The summed E-state index contributed by atoms with van der Waals surface area (Å²) in [6.07, 6.45) is 4.93. The molecule has 1 saturated carbocycles. The number of aromatic hydroxyl groups is 1. The molecular formula is C51H67N7O5Si. The zero-order valence-electron chi connectivity index (χ0n) is 38.9. The number of anilines is 1. The van der Waals surface area contributed by atoms with Crippen molar-refractivity contribution in [3.05, 3.63) is 118 Å². The molecule has 1 amide bonds. The van der Waals surface area contributed by atoms with Crippen LogP contribution >= 0.6 is 0 Å². The molecule has 4 aromatic carbocycles. The number of carboxylic acid groups (broad SMARTS) is 1. The van der Waals surface area contributed by atoms with Gasteiger partial charge >= 0.3 is 6.09 Å². The molecule has 1 atom stereocenters. The number of phenolic OH excluding ortho intramolecular Hbond substituents is 1. The molecule has 5 N–H and O–H groups in total. The van der Waals surface area contributed by atoms with Gasteiger partial charge in [0.2, 0.25) is 5.56 Å². The van der Waals surface area contributed by atoms with Gasteiger partial charge in [0.25, 0.3) is 0 Å². The number of nitrogens with zero attached hydrogens (tertiary/aromatic N) is 4. The summed E-state index contributed by atoms with van der Waals surface area (Å²) in [4.78, 5) is 29.7. The minimum Gasteiger partial charge on any atom is -0.506 e. The average Bonchev–Trinajstić information content (AvgIpc) is 3.64. The Morgan fingerprint density at radius 2 is 1.66 bits per heavy atom. The van der Waals surface area contributed by atoms with Crippen LogP contribution in [0.3, 0.4) is 0 Å². The quantitative estimate of drug-likeness (QED) is 0.0471. The predicted molar refractivity (Wildman–Crippen MR) is 261 cm³/mol. The van der Waals surface area contributed by atoms with Crippen LogP contribution in [0.15, 0.2) is 95.8 Å². The standard InChI is InChI=1S/C51H67N7O5Si/c1-50(2,3)54-37-19-21-38(22-20-37)58(49(61)62)44-31-34(17-23-39(44)36-15-10-9-11-16-36)14-12-13-29-57-43-26-18-35(30-42(43)55-56-57)32-52-33-46(63-64(7,8)51(4,5)6)40-24-27-45(59)48-41(40)25-28-47(60)53-48/h9-11,15-18,23-28,30-31,37-38,46,52,54,59H,12-14,19-22,29,32-33H2,1-8H3,(H,53,60)(H,61,62)/t37?,38?,46-/m1/s1. The number of benzene rings is 4. The minimum absolute atomic E-state index is 0.0198. The molecule has 0 unspecified atom stereocenters. The third-order valence-electron chi connectivity index (χ3n) is 13.1. The molecule has 2 aromatic heterocycles. The number of pyridine rings is 1. The molecule has 0 radical (unpaired) electrons. The highest BCUT2D eigenvalue weighted by molar-refractivity contribution is 6.74. The Hall–Kier alpha value is -5.34. The van der Waals surface area contributed by atoms with Gasteiger partial charge in [0, 0.05) is 54.3 Å². The van der Waals surface area contributed by atoms with Crippen molar-refractivity contribution in [3.63, 3.8) is 0 Å². The van der Waals surface area contributed by atoms with Gasteiger partial charge in [-0.1, -0.05) is 80.6 Å². The first-order valence-electron chi connectivity index (χ1n) is 22.9. The molecule has 13 heteroatoms. The number of unbranched alkanes of at least 4 members (excludes halogenated alkanes) is 1. The maximum atomic E-state index is 13.1. The lowest BCUT2D eigenvalue weighted by Crippen LogP contribution is -2.49. The molecule has 0 bridgehead atoms. The van der Waals surface area contributed by atoms with E-state index in [-0.39, 0.29) is 34.0 Å². The maximum absolute atomic E-state index is 13.1. The smallest absolute Gasteiger partial charge is 0.412 e. The molecular weight excluding hydrogens is 819 g/mol. The van der Waals surface area contributed by atoms with Gasteiger partial charge in [0.1, 0.15) is 11.3 Å². The lowest BCUT2D eigenvalue weighted by atomic mass is 9.88. The number of nitrogens with one attached hydrogen (secondary N) is 3. The fraction of sp³-hybridized carbons (Fsp3) is 0.451. The number of rotatable bonds is 16. The lowest BCUT2D eigenvalue weighted by Gasteiger charge is -2.39. The Bertz CT molecular complexity index is 2600. The SMILES string of the molecule is CC(C)(C)NC1CCC(N(C(=O)O)c2cc(CCCCn3nnc4cc(CNC[C@@H](O[Si](C)(C)C(C)(C)C)c5ccc(O)c6[nH]c(=O)ccc56)ccc43)ccc2-c2ccccc2)CC1. The summed E-state index contributed by atoms with van der Waals surface area (Å²) < 4.78 is 8.96. The highest BCUT2D eigenvalue weighted by atomic mass is 28.4. The fourth-order valence-corrected chi connectivity index (χ4v) is 10.1. The first kappa shape index (κ1) is 46.6. The van der Waals surface area contributed by atoms with Crippen molar-refractivity contribution in [2.45, 2.75) is 141 Å². The number of amides is 1. The van der Waals surface area contributed by atoms with Gasteiger partial charge < -0.3 is 30.3 Å². The largest absolute Gasteiger partial charge is 0.506 e. The number of fused-ring (bicyclic) bond motifs is 2. The van der Waals surface area contributed by atoms with E-state index in [4.69, 9.17) is 4.43 Å². The zero-order valence-corrected chi connectivity index (χ0v) is 39.9. The molecule has 64 heavy (non-hydrogen) atoms. The van der Waals surface area contributed by atoms with Crippen molar-refractivity contribution in [2.24, 2.45) is 0 Å². The van der Waals surface area contributed by atoms with E-state index >= 15 is 0 Å². The number of hydrogen-bond acceptors (Lipinski definition) is 8. The van der Waals surface area contributed by atoms with Crippen molar-refractivity contribution >= 4 is 42.0 Å². The Kier molecular flexibility index (Phi) is 14.1. The van der Waals surface area contributed by atoms with Crippen LogP contribution in [0, 0.1) is 0 Å². The Balaban J connectivity index is 0.998. The van der Waals surface area contributed by atoms with Gasteiger partial charge in [-0.2, -0.15) is 0 Å². The second-order valence-corrected chi connectivity index (χ2v) is 24.9. The van der Waals surface area contributed by atoms with E-state index < -0.39 is 14.4 Å². The van der Waals surface area contributed by atoms with Crippen molar-refractivity contribution < 1.29 is 19.4 Å². The maximum Gasteiger partial charge on any atom is 0.412 e. The molecule has 1 fully saturated rings. The van der Waals surface area contributed by atoms with Gasteiger partial charge in [-0.3, -0.25) is 9.69 Å². The normalized spacial score (nSPS) is 16.6. The van der Waals surface area contributed by atoms with Gasteiger partial charge in [-0.05, 0) is 136 Å². The van der Waals surface area contributed by atoms with E-state index in [9.17, 15) is 19.8 Å². The summed E-state index contributed by atoms with van der Waals surface area (Å²) >= 11 is 0. The highest BCUT2D eigenvalue weighted by Gasteiger charge is 2.40. The van der Waals surface area contributed by atoms with Gasteiger partial charge in [0.15, 0.2) is 8.32 Å². The molecule has 1 aliphatic rings. The fourth-order valence-electron chi connectivity index (χ4n) is 8.86. The van der Waals surface area contributed by atoms with E-state index in [1.807, 2.05) is 28.9 Å². The topological polar surface area (TPSA) is 158 Å². The number of aryl methyl sites for hydroxylation is 2. The van der Waals surface area contributed by atoms with Gasteiger partial charge in [0.05, 0.1) is 22.8 Å². The average molecular weight is 886 g/mol. The molecule has 2 heterocycles. The van der Waals surface area contributed by atoms with E-state index in [2.05, 4.69) is 129 Å². The second-order valence-electron chi connectivity index (χ2n) is 20.1. The van der Waals surface area contributed by atoms with E-state index in [0.29, 0.717) is 31.2 Å². The van der Waals surface area contributed by atoms with Crippen molar-refractivity contribution in [3.8, 4) is 16.9 Å². The predicted octanol–water partition coefficient (Wildman–Crippen LogP) is 10.7. The number of H-pyrrole nitrogens is 1. The first-order chi connectivity index (χ1) is 30.4. The van der Waals surface area contributed by atoms with Crippen LogP contribution in [0.5, 0.6) is 5.75 Å². The lowest BCUT2D eigenvalue weighted by molar-refractivity contribution is 0.181. The Labute approximate surface area is 378 Å². The van der Waals surface area contributed by atoms with Crippen LogP contribution in [-0.4, -0.2) is 68.8 Å². The zero-order chi connectivity index (χ0) is 45.8. The minimum atomic E-state index is -2.22.